The van der Waals surface area contributed by atoms with Crippen molar-refractivity contribution in [3.8, 4) is 0 Å². The van der Waals surface area contributed by atoms with Crippen LogP contribution in [0.15, 0.2) is 0 Å². The normalized spacial score (nSPS) is 30.4. The molecule has 8 nitrogen and oxygen atoms in total. The molecule has 2 heterocycles. The van der Waals surface area contributed by atoms with E-state index in [4.69, 9.17) is 9.84 Å². The van der Waals surface area contributed by atoms with E-state index in [9.17, 15) is 13.2 Å². The number of nitrogens with zero attached hydrogens (tertiary/aromatic N) is 3. The average Bonchev–Trinajstić information content (AvgIpc) is 2.37. The van der Waals surface area contributed by atoms with Crippen LogP contribution in [0, 0.1) is 0 Å². The number of rotatable bonds is 4. The molecule has 2 atom stereocenters. The van der Waals surface area contributed by atoms with Crippen molar-refractivity contribution >= 4 is 16.2 Å². The van der Waals surface area contributed by atoms with Crippen LogP contribution in [-0.4, -0.2) is 91.0 Å². The van der Waals surface area contributed by atoms with Gasteiger partial charge < -0.3 is 9.84 Å². The first-order chi connectivity index (χ1) is 9.79. The van der Waals surface area contributed by atoms with Crippen LogP contribution in [0.3, 0.4) is 0 Å². The molecule has 21 heavy (non-hydrogen) atoms. The Morgan fingerprint density at radius 2 is 1.62 bits per heavy atom. The Morgan fingerprint density at radius 3 is 2.10 bits per heavy atom. The van der Waals surface area contributed by atoms with E-state index in [0.29, 0.717) is 39.3 Å². The van der Waals surface area contributed by atoms with Gasteiger partial charge in [-0.05, 0) is 13.8 Å². The molecule has 2 saturated heterocycles. The fraction of sp³-hybridized carbons (Fsp3) is 0.917. The number of carbonyl (C=O) groups is 1. The Bertz CT molecular complexity index is 465. The van der Waals surface area contributed by atoms with Crippen LogP contribution < -0.4 is 0 Å². The number of piperazine rings is 1. The van der Waals surface area contributed by atoms with Gasteiger partial charge in [-0.2, -0.15) is 17.0 Å². The molecule has 2 fully saturated rings. The van der Waals surface area contributed by atoms with Gasteiger partial charge in [0, 0.05) is 39.3 Å². The van der Waals surface area contributed by atoms with Crippen molar-refractivity contribution < 1.29 is 23.1 Å². The van der Waals surface area contributed by atoms with Crippen LogP contribution >= 0.6 is 0 Å². The molecule has 0 aliphatic carbocycles. The summed E-state index contributed by atoms with van der Waals surface area (Å²) in [4.78, 5) is 12.4. The Kier molecular flexibility index (Phi) is 5.20. The Balaban J connectivity index is 1.96. The quantitative estimate of drug-likeness (QED) is 0.717. The van der Waals surface area contributed by atoms with Crippen LogP contribution in [0.1, 0.15) is 13.8 Å². The number of aliphatic carboxylic acids is 1. The lowest BCUT2D eigenvalue weighted by atomic mass is 10.3. The molecule has 0 unspecified atom stereocenters. The minimum Gasteiger partial charge on any atom is -0.480 e. The number of ether oxygens (including phenoxy) is 1. The van der Waals surface area contributed by atoms with E-state index < -0.39 is 16.2 Å². The molecule has 0 aromatic rings. The number of carboxylic acid groups (broad SMARTS) is 1. The lowest BCUT2D eigenvalue weighted by Crippen LogP contribution is -2.57. The molecular formula is C12H23N3O5S. The van der Waals surface area contributed by atoms with Crippen LogP contribution in [-0.2, 0) is 19.7 Å². The molecular weight excluding hydrogens is 298 g/mol. The number of morpholine rings is 1. The molecule has 0 aromatic heterocycles. The highest BCUT2D eigenvalue weighted by molar-refractivity contribution is 7.86. The fourth-order valence-corrected chi connectivity index (χ4v) is 4.54. The van der Waals surface area contributed by atoms with Gasteiger partial charge in [-0.25, -0.2) is 0 Å². The second kappa shape index (κ2) is 6.57. The van der Waals surface area contributed by atoms with Crippen molar-refractivity contribution in [3.63, 3.8) is 0 Å². The van der Waals surface area contributed by atoms with Crippen molar-refractivity contribution in [1.82, 2.24) is 13.5 Å². The van der Waals surface area contributed by atoms with Gasteiger partial charge in [0.2, 0.25) is 0 Å². The molecule has 2 rings (SSSR count). The molecule has 2 aliphatic heterocycles. The SMILES string of the molecule is C[C@H]1CN(S(=O)(=O)N2CCN(CC(=O)O)CC2)C[C@H](C)O1. The van der Waals surface area contributed by atoms with Crippen molar-refractivity contribution in [3.05, 3.63) is 0 Å². The van der Waals surface area contributed by atoms with Crippen LogP contribution in [0.5, 0.6) is 0 Å². The molecule has 1 N–H and O–H groups in total. The zero-order chi connectivity index (χ0) is 15.6. The first-order valence-corrected chi connectivity index (χ1v) is 8.53. The largest absolute Gasteiger partial charge is 0.480 e. The minimum atomic E-state index is -3.49. The van der Waals surface area contributed by atoms with E-state index in [-0.39, 0.29) is 18.8 Å². The number of carboxylic acids is 1. The Labute approximate surface area is 125 Å². The van der Waals surface area contributed by atoms with Gasteiger partial charge >= 0.3 is 5.97 Å². The van der Waals surface area contributed by atoms with Gasteiger partial charge in [-0.15, -0.1) is 0 Å². The highest BCUT2D eigenvalue weighted by Crippen LogP contribution is 2.18. The van der Waals surface area contributed by atoms with Gasteiger partial charge in [0.25, 0.3) is 10.2 Å². The van der Waals surface area contributed by atoms with E-state index in [1.54, 1.807) is 4.90 Å². The predicted molar refractivity (Wildman–Crippen MR) is 76.2 cm³/mol. The van der Waals surface area contributed by atoms with Gasteiger partial charge in [0.1, 0.15) is 0 Å². The van der Waals surface area contributed by atoms with Crippen LogP contribution in [0.4, 0.5) is 0 Å². The molecule has 0 aromatic carbocycles. The summed E-state index contributed by atoms with van der Waals surface area (Å²) in [6.07, 6.45) is -0.228. The molecule has 0 radical (unpaired) electrons. The smallest absolute Gasteiger partial charge is 0.317 e. The summed E-state index contributed by atoms with van der Waals surface area (Å²) in [6.45, 7) is 5.96. The van der Waals surface area contributed by atoms with Gasteiger partial charge in [-0.1, -0.05) is 0 Å². The summed E-state index contributed by atoms with van der Waals surface area (Å²) in [5.74, 6) is -0.887. The highest BCUT2D eigenvalue weighted by atomic mass is 32.2. The maximum Gasteiger partial charge on any atom is 0.317 e. The Morgan fingerprint density at radius 1 is 1.10 bits per heavy atom. The second-order valence-corrected chi connectivity index (χ2v) is 7.58. The monoisotopic (exact) mass is 321 g/mol. The Hall–Kier alpha value is -0.740. The third kappa shape index (κ3) is 4.13. The first kappa shape index (κ1) is 16.6. The zero-order valence-electron chi connectivity index (χ0n) is 12.4. The van der Waals surface area contributed by atoms with Crippen molar-refractivity contribution in [2.24, 2.45) is 0 Å². The molecule has 9 heteroatoms. The number of hydrogen-bond acceptors (Lipinski definition) is 5. The molecule has 2 aliphatic rings. The summed E-state index contributed by atoms with van der Waals surface area (Å²) in [5.41, 5.74) is 0. The molecule has 0 amide bonds. The van der Waals surface area contributed by atoms with E-state index in [1.807, 2.05) is 13.8 Å². The fourth-order valence-electron chi connectivity index (χ4n) is 2.79. The van der Waals surface area contributed by atoms with Gasteiger partial charge in [0.05, 0.1) is 18.8 Å². The zero-order valence-corrected chi connectivity index (χ0v) is 13.3. The standard InChI is InChI=1S/C12H23N3O5S/c1-10-7-15(8-11(2)20-10)21(18,19)14-5-3-13(4-6-14)9-12(16)17/h10-11H,3-9H2,1-2H3,(H,16,17)/t10-,11-/m0/s1. The first-order valence-electron chi connectivity index (χ1n) is 7.14. The van der Waals surface area contributed by atoms with E-state index >= 15 is 0 Å². The van der Waals surface area contributed by atoms with Crippen LogP contribution in [0.25, 0.3) is 0 Å². The van der Waals surface area contributed by atoms with Crippen molar-refractivity contribution in [2.75, 3.05) is 45.8 Å². The van der Waals surface area contributed by atoms with Crippen LogP contribution in [0.2, 0.25) is 0 Å². The van der Waals surface area contributed by atoms with Crippen molar-refractivity contribution in [1.29, 1.82) is 0 Å². The maximum atomic E-state index is 12.6. The molecule has 0 bridgehead atoms. The van der Waals surface area contributed by atoms with E-state index in [0.717, 1.165) is 0 Å². The van der Waals surface area contributed by atoms with E-state index in [2.05, 4.69) is 0 Å². The highest BCUT2D eigenvalue weighted by Gasteiger charge is 2.36. The molecule has 122 valence electrons. The topological polar surface area (TPSA) is 90.4 Å². The van der Waals surface area contributed by atoms with E-state index in [1.165, 1.54) is 8.61 Å². The summed E-state index contributed by atoms with van der Waals surface area (Å²) in [5, 5.41) is 8.76. The lowest BCUT2D eigenvalue weighted by Gasteiger charge is -2.40. The summed E-state index contributed by atoms with van der Waals surface area (Å²) in [7, 11) is -3.49. The average molecular weight is 321 g/mol. The van der Waals surface area contributed by atoms with Gasteiger partial charge in [-0.3, -0.25) is 9.69 Å². The molecule has 0 saturated carbocycles. The molecule has 0 spiro atoms. The number of hydrogen-bond donors (Lipinski definition) is 1. The summed E-state index contributed by atoms with van der Waals surface area (Å²) >= 11 is 0. The summed E-state index contributed by atoms with van der Waals surface area (Å²) < 4.78 is 33.7. The van der Waals surface area contributed by atoms with Crippen molar-refractivity contribution in [2.45, 2.75) is 26.1 Å². The summed E-state index contributed by atoms with van der Waals surface area (Å²) in [6, 6.07) is 0. The maximum absolute atomic E-state index is 12.6. The minimum absolute atomic E-state index is 0.0422. The predicted octanol–water partition coefficient (Wildman–Crippen LogP) is -0.957. The lowest BCUT2D eigenvalue weighted by molar-refractivity contribution is -0.138. The third-order valence-electron chi connectivity index (χ3n) is 3.73. The third-order valence-corrected chi connectivity index (χ3v) is 5.70. The van der Waals surface area contributed by atoms with Gasteiger partial charge in [0.15, 0.2) is 0 Å². The second-order valence-electron chi connectivity index (χ2n) is 5.65.